The van der Waals surface area contributed by atoms with E-state index in [-0.39, 0.29) is 24.9 Å². The molecule has 3 N–H and O–H groups in total. The zero-order valence-electron chi connectivity index (χ0n) is 19.5. The molecule has 2 aromatic carbocycles. The maximum atomic E-state index is 13.2. The Kier molecular flexibility index (Phi) is 7.20. The third kappa shape index (κ3) is 4.93. The minimum atomic E-state index is -1.08. The van der Waals surface area contributed by atoms with Gasteiger partial charge in [0, 0.05) is 12.0 Å². The molecule has 1 atom stereocenters. The molecule has 0 aliphatic heterocycles. The first-order valence-corrected chi connectivity index (χ1v) is 12.1. The maximum Gasteiger partial charge on any atom is 0.408 e. The third-order valence-corrected chi connectivity index (χ3v) is 7.08. The molecule has 7 nitrogen and oxygen atoms in total. The van der Waals surface area contributed by atoms with Gasteiger partial charge in [0.05, 0.1) is 6.42 Å². The number of carbonyl (C=O) groups excluding carboxylic acids is 2. The zero-order chi connectivity index (χ0) is 24.1. The number of nitrogens with one attached hydrogen (secondary N) is 2. The summed E-state index contributed by atoms with van der Waals surface area (Å²) in [6.45, 7) is 2.01. The molecular weight excluding hydrogens is 432 g/mol. The van der Waals surface area contributed by atoms with Gasteiger partial charge in [-0.15, -0.1) is 0 Å². The van der Waals surface area contributed by atoms with Gasteiger partial charge in [-0.3, -0.25) is 9.59 Å². The molecule has 2 aliphatic rings. The predicted molar refractivity (Wildman–Crippen MR) is 128 cm³/mol. The van der Waals surface area contributed by atoms with Crippen LogP contribution in [0.5, 0.6) is 0 Å². The summed E-state index contributed by atoms with van der Waals surface area (Å²) in [6, 6.07) is 15.8. The molecule has 0 heterocycles. The molecule has 34 heavy (non-hydrogen) atoms. The molecule has 0 spiro atoms. The topological polar surface area (TPSA) is 105 Å². The first-order chi connectivity index (χ1) is 16.4. The van der Waals surface area contributed by atoms with Crippen molar-refractivity contribution >= 4 is 18.0 Å². The highest BCUT2D eigenvalue weighted by Crippen LogP contribution is 2.44. The SMILES string of the molecule is CC[C@H](CC(=O)O)NC(=O)C1(NC(=O)OCC2c3ccccc3-c3ccccc32)CCCCC1. The Bertz CT molecular complexity index is 1010. The number of ether oxygens (including phenoxy) is 1. The molecule has 0 saturated heterocycles. The number of carbonyl (C=O) groups is 3. The van der Waals surface area contributed by atoms with E-state index in [9.17, 15) is 14.4 Å². The summed E-state index contributed by atoms with van der Waals surface area (Å²) in [7, 11) is 0. The molecule has 0 bridgehead atoms. The highest BCUT2D eigenvalue weighted by atomic mass is 16.5. The van der Waals surface area contributed by atoms with E-state index in [0.717, 1.165) is 41.5 Å². The Hall–Kier alpha value is -3.35. The van der Waals surface area contributed by atoms with E-state index in [4.69, 9.17) is 9.84 Å². The van der Waals surface area contributed by atoms with Crippen molar-refractivity contribution in [1.29, 1.82) is 0 Å². The highest BCUT2D eigenvalue weighted by Gasteiger charge is 2.42. The van der Waals surface area contributed by atoms with Gasteiger partial charge in [-0.1, -0.05) is 74.7 Å². The standard InChI is InChI=1S/C27H32N2O5/c1-2-18(16-24(30)31)28-25(32)27(14-8-3-9-15-27)29-26(33)34-17-23-21-12-6-4-10-19(21)20-11-5-7-13-22(20)23/h4-7,10-13,18,23H,2-3,8-9,14-17H2,1H3,(H,28,32)(H,29,33)(H,30,31)/t18-/m1/s1. The zero-order valence-corrected chi connectivity index (χ0v) is 19.5. The molecule has 180 valence electrons. The predicted octanol–water partition coefficient (Wildman–Crippen LogP) is 4.60. The fraction of sp³-hybridized carbons (Fsp3) is 0.444. The van der Waals surface area contributed by atoms with Gasteiger partial charge in [0.25, 0.3) is 0 Å². The highest BCUT2D eigenvalue weighted by molar-refractivity contribution is 5.90. The third-order valence-electron chi connectivity index (χ3n) is 7.08. The van der Waals surface area contributed by atoms with Crippen LogP contribution in [0, 0.1) is 0 Å². The first-order valence-electron chi connectivity index (χ1n) is 12.1. The number of carboxylic acid groups (broad SMARTS) is 1. The number of alkyl carbamates (subject to hydrolysis) is 1. The van der Waals surface area contributed by atoms with Gasteiger partial charge in [0.2, 0.25) is 5.91 Å². The van der Waals surface area contributed by atoms with Crippen LogP contribution in [-0.4, -0.2) is 41.3 Å². The molecule has 7 heteroatoms. The molecule has 1 fully saturated rings. The number of hydrogen-bond acceptors (Lipinski definition) is 4. The van der Waals surface area contributed by atoms with Gasteiger partial charge in [-0.05, 0) is 41.5 Å². The van der Waals surface area contributed by atoms with Crippen molar-refractivity contribution in [2.24, 2.45) is 0 Å². The van der Waals surface area contributed by atoms with Crippen molar-refractivity contribution in [3.05, 3.63) is 59.7 Å². The number of hydrogen-bond donors (Lipinski definition) is 3. The summed E-state index contributed by atoms with van der Waals surface area (Å²) in [5.41, 5.74) is 3.48. The lowest BCUT2D eigenvalue weighted by molar-refractivity contribution is -0.138. The van der Waals surface area contributed by atoms with E-state index in [2.05, 4.69) is 34.9 Å². The summed E-state index contributed by atoms with van der Waals surface area (Å²) < 4.78 is 5.69. The van der Waals surface area contributed by atoms with Gasteiger partial charge < -0.3 is 20.5 Å². The summed E-state index contributed by atoms with van der Waals surface area (Å²) in [4.78, 5) is 37.3. The summed E-state index contributed by atoms with van der Waals surface area (Å²) >= 11 is 0. The van der Waals surface area contributed by atoms with Crippen LogP contribution in [0.1, 0.15) is 68.9 Å². The van der Waals surface area contributed by atoms with Gasteiger partial charge in [-0.25, -0.2) is 4.79 Å². The lowest BCUT2D eigenvalue weighted by Gasteiger charge is -2.37. The first kappa shape index (κ1) is 23.8. The molecular formula is C27H32N2O5. The Morgan fingerprint density at radius 2 is 1.59 bits per heavy atom. The molecule has 0 aromatic heterocycles. The van der Waals surface area contributed by atoms with Crippen LogP contribution >= 0.6 is 0 Å². The minimum Gasteiger partial charge on any atom is -0.481 e. The second-order valence-corrected chi connectivity index (χ2v) is 9.27. The Morgan fingerprint density at radius 3 is 2.15 bits per heavy atom. The molecule has 1 saturated carbocycles. The monoisotopic (exact) mass is 464 g/mol. The normalized spacial score (nSPS) is 17.2. The van der Waals surface area contributed by atoms with Gasteiger partial charge in [0.1, 0.15) is 12.1 Å². The second kappa shape index (κ2) is 10.3. The van der Waals surface area contributed by atoms with Crippen LogP contribution < -0.4 is 10.6 Å². The number of amides is 2. The largest absolute Gasteiger partial charge is 0.481 e. The van der Waals surface area contributed by atoms with Crippen molar-refractivity contribution in [3.8, 4) is 11.1 Å². The Morgan fingerprint density at radius 1 is 1.00 bits per heavy atom. The van der Waals surface area contributed by atoms with Gasteiger partial charge in [-0.2, -0.15) is 0 Å². The van der Waals surface area contributed by atoms with Crippen LogP contribution in [-0.2, 0) is 14.3 Å². The van der Waals surface area contributed by atoms with Crippen LogP contribution in [0.4, 0.5) is 4.79 Å². The Labute approximate surface area is 199 Å². The summed E-state index contributed by atoms with van der Waals surface area (Å²) in [6.07, 6.45) is 3.36. The molecule has 2 amide bonds. The van der Waals surface area contributed by atoms with E-state index in [1.54, 1.807) is 0 Å². The quantitative estimate of drug-likeness (QED) is 0.530. The second-order valence-electron chi connectivity index (χ2n) is 9.27. The van der Waals surface area contributed by atoms with Crippen LogP contribution in [0.25, 0.3) is 11.1 Å². The van der Waals surface area contributed by atoms with E-state index in [1.807, 2.05) is 31.2 Å². The van der Waals surface area contributed by atoms with Crippen molar-refractivity contribution in [2.75, 3.05) is 6.61 Å². The fourth-order valence-electron chi connectivity index (χ4n) is 5.23. The van der Waals surface area contributed by atoms with Crippen LogP contribution in [0.15, 0.2) is 48.5 Å². The summed E-state index contributed by atoms with van der Waals surface area (Å²) in [5, 5.41) is 14.8. The number of rotatable bonds is 8. The van der Waals surface area contributed by atoms with Gasteiger partial charge in [0.15, 0.2) is 0 Å². The van der Waals surface area contributed by atoms with E-state index in [1.165, 1.54) is 0 Å². The maximum absolute atomic E-state index is 13.2. The number of benzene rings is 2. The fourth-order valence-corrected chi connectivity index (χ4v) is 5.23. The lowest BCUT2D eigenvalue weighted by atomic mass is 9.80. The van der Waals surface area contributed by atoms with Crippen molar-refractivity contribution in [1.82, 2.24) is 10.6 Å². The van der Waals surface area contributed by atoms with Gasteiger partial charge >= 0.3 is 12.1 Å². The molecule has 0 radical (unpaired) electrons. The minimum absolute atomic E-state index is 0.0608. The number of fused-ring (bicyclic) bond motifs is 3. The smallest absolute Gasteiger partial charge is 0.408 e. The number of carboxylic acids is 1. The Balaban J connectivity index is 1.45. The molecule has 4 rings (SSSR count). The van der Waals surface area contributed by atoms with Crippen molar-refractivity contribution in [3.63, 3.8) is 0 Å². The van der Waals surface area contributed by atoms with Crippen LogP contribution in [0.3, 0.4) is 0 Å². The molecule has 2 aromatic rings. The average molecular weight is 465 g/mol. The van der Waals surface area contributed by atoms with E-state index < -0.39 is 23.6 Å². The molecule has 2 aliphatic carbocycles. The average Bonchev–Trinajstić information content (AvgIpc) is 3.16. The van der Waals surface area contributed by atoms with E-state index in [0.29, 0.717) is 19.3 Å². The summed E-state index contributed by atoms with van der Waals surface area (Å²) in [5.74, 6) is -1.35. The number of aliphatic carboxylic acids is 1. The van der Waals surface area contributed by atoms with E-state index >= 15 is 0 Å². The van der Waals surface area contributed by atoms with Crippen molar-refractivity contribution in [2.45, 2.75) is 69.4 Å². The molecule has 0 unspecified atom stereocenters. The van der Waals surface area contributed by atoms with Crippen LogP contribution in [0.2, 0.25) is 0 Å². The lowest BCUT2D eigenvalue weighted by Crippen LogP contribution is -2.61. The van der Waals surface area contributed by atoms with Crippen molar-refractivity contribution < 1.29 is 24.2 Å².